The number of pyridine rings is 1. The smallest absolute Gasteiger partial charge is 0.475 e. The number of aliphatic carboxylic acids is 1. The van der Waals surface area contributed by atoms with Crippen molar-refractivity contribution in [1.82, 2.24) is 10.3 Å². The number of benzene rings is 2. The highest BCUT2D eigenvalue weighted by Gasteiger charge is 2.39. The number of nitro benzene ring substituents is 1. The lowest BCUT2D eigenvalue weighted by molar-refractivity contribution is -0.385. The van der Waals surface area contributed by atoms with Gasteiger partial charge in [0.2, 0.25) is 0 Å². The van der Waals surface area contributed by atoms with E-state index >= 15 is 0 Å². The molecule has 3 rings (SSSR count). The van der Waals surface area contributed by atoms with Crippen LogP contribution in [0.15, 0.2) is 60.8 Å². The van der Waals surface area contributed by atoms with E-state index in [9.17, 15) is 54.4 Å². The number of rotatable bonds is 5. The van der Waals surface area contributed by atoms with E-state index in [1.165, 1.54) is 25.1 Å². The van der Waals surface area contributed by atoms with Gasteiger partial charge in [0.05, 0.1) is 39.0 Å². The van der Waals surface area contributed by atoms with Gasteiger partial charge in [0.15, 0.2) is 0 Å². The highest BCUT2D eigenvalue weighted by Crippen LogP contribution is 2.36. The third-order valence-electron chi connectivity index (χ3n) is 5.26. The van der Waals surface area contributed by atoms with Crippen LogP contribution in [0.5, 0.6) is 0 Å². The first-order valence-electron chi connectivity index (χ1n) is 11.0. The van der Waals surface area contributed by atoms with Crippen LogP contribution in [-0.4, -0.2) is 33.2 Å². The van der Waals surface area contributed by atoms with E-state index in [1.54, 1.807) is 0 Å². The number of nitrogens with one attached hydrogen (secondary N) is 2. The molecule has 0 aliphatic heterocycles. The average Bonchev–Trinajstić information content (AvgIpc) is 2.87. The quantitative estimate of drug-likeness (QED) is 0.163. The van der Waals surface area contributed by atoms with E-state index in [4.69, 9.17) is 9.90 Å². The summed E-state index contributed by atoms with van der Waals surface area (Å²) < 4.78 is 111. The molecule has 0 saturated heterocycles. The first-order chi connectivity index (χ1) is 19.2. The molecule has 0 aliphatic carbocycles. The minimum atomic E-state index is -5.08. The van der Waals surface area contributed by atoms with Gasteiger partial charge in [0.25, 0.3) is 5.69 Å². The molecular formula is C24H17F9N4O5. The van der Waals surface area contributed by atoms with Crippen LogP contribution >= 0.6 is 0 Å². The van der Waals surface area contributed by atoms with E-state index in [1.807, 2.05) is 0 Å². The summed E-state index contributed by atoms with van der Waals surface area (Å²) >= 11 is 0. The molecular weight excluding hydrogens is 595 g/mol. The Kier molecular flexibility index (Phi) is 10.1. The van der Waals surface area contributed by atoms with Crippen molar-refractivity contribution in [2.24, 2.45) is 0 Å². The summed E-state index contributed by atoms with van der Waals surface area (Å²) in [5, 5.41) is 22.9. The molecule has 0 fully saturated rings. The molecule has 1 heterocycles. The first-order valence-corrected chi connectivity index (χ1v) is 11.0. The number of urea groups is 1. The van der Waals surface area contributed by atoms with Gasteiger partial charge in [-0.25, -0.2) is 9.59 Å². The number of amides is 2. The standard InChI is InChI=1S/C22H16F6N4O3.C2HF3O2/c1-12-16(5-2-6-17(12)32(34)35)30-20(33)31-18(13-7-9-14(10-8-13)21(23,24)25)19-15(22(26,27)28)4-3-11-29-19;3-2(4,5)1(6)7/h2-11,18H,1H3,(H2,30,31,33);(H,6,7)/t18-;/m0./s1. The van der Waals surface area contributed by atoms with Crippen LogP contribution in [0, 0.1) is 17.0 Å². The van der Waals surface area contributed by atoms with Crippen molar-refractivity contribution >= 4 is 23.4 Å². The Morgan fingerprint density at radius 2 is 1.48 bits per heavy atom. The number of carboxylic acids is 1. The molecule has 3 aromatic rings. The fourth-order valence-corrected chi connectivity index (χ4v) is 3.31. The summed E-state index contributed by atoms with van der Waals surface area (Å²) in [5.41, 5.74) is -3.18. The molecule has 0 aliphatic rings. The molecule has 3 N–H and O–H groups in total. The Hall–Kier alpha value is -4.90. The molecule has 42 heavy (non-hydrogen) atoms. The zero-order valence-corrected chi connectivity index (χ0v) is 20.7. The van der Waals surface area contributed by atoms with Gasteiger partial charge in [-0.05, 0) is 42.8 Å². The SMILES string of the molecule is Cc1c(NC(=O)N[C@@H](c2ccc(C(F)(F)F)cc2)c2ncccc2C(F)(F)F)cccc1[N+](=O)[O-].O=C(O)C(F)(F)F. The molecule has 18 heteroatoms. The van der Waals surface area contributed by atoms with Crippen molar-refractivity contribution in [3.8, 4) is 0 Å². The fourth-order valence-electron chi connectivity index (χ4n) is 3.31. The largest absolute Gasteiger partial charge is 0.490 e. The van der Waals surface area contributed by atoms with Crippen LogP contribution in [0.2, 0.25) is 0 Å². The number of nitro groups is 1. The molecule has 2 amide bonds. The van der Waals surface area contributed by atoms with Gasteiger partial charge < -0.3 is 15.7 Å². The second kappa shape index (κ2) is 12.7. The van der Waals surface area contributed by atoms with Gasteiger partial charge in [0.1, 0.15) is 0 Å². The zero-order chi connectivity index (χ0) is 32.0. The second-order valence-corrected chi connectivity index (χ2v) is 8.09. The van der Waals surface area contributed by atoms with Gasteiger partial charge in [-0.15, -0.1) is 0 Å². The average molecular weight is 612 g/mol. The lowest BCUT2D eigenvalue weighted by Gasteiger charge is -2.23. The number of carbonyl (C=O) groups is 2. The number of anilines is 1. The maximum atomic E-state index is 13.6. The summed E-state index contributed by atoms with van der Waals surface area (Å²) in [5.74, 6) is -2.76. The van der Waals surface area contributed by atoms with Crippen molar-refractivity contribution in [2.45, 2.75) is 31.5 Å². The molecule has 0 radical (unpaired) electrons. The van der Waals surface area contributed by atoms with Gasteiger partial charge in [-0.1, -0.05) is 18.2 Å². The van der Waals surface area contributed by atoms with Crippen molar-refractivity contribution in [3.63, 3.8) is 0 Å². The second-order valence-electron chi connectivity index (χ2n) is 8.09. The van der Waals surface area contributed by atoms with Crippen molar-refractivity contribution in [2.75, 3.05) is 5.32 Å². The van der Waals surface area contributed by atoms with Crippen LogP contribution in [0.1, 0.15) is 34.0 Å². The summed E-state index contributed by atoms with van der Waals surface area (Å²) in [6.07, 6.45) is -13.6. The van der Waals surface area contributed by atoms with Crippen molar-refractivity contribution in [1.29, 1.82) is 0 Å². The number of carboxylic acid groups (broad SMARTS) is 1. The van der Waals surface area contributed by atoms with E-state index in [0.717, 1.165) is 30.5 Å². The maximum absolute atomic E-state index is 13.6. The first kappa shape index (κ1) is 33.3. The van der Waals surface area contributed by atoms with Gasteiger partial charge in [0, 0.05) is 12.3 Å². The maximum Gasteiger partial charge on any atom is 0.490 e. The van der Waals surface area contributed by atoms with Crippen LogP contribution in [0.4, 0.5) is 55.7 Å². The number of nitrogens with zero attached hydrogens (tertiary/aromatic N) is 2. The van der Waals surface area contributed by atoms with Crippen LogP contribution in [0.3, 0.4) is 0 Å². The molecule has 0 spiro atoms. The number of alkyl halides is 9. The monoisotopic (exact) mass is 612 g/mol. The molecule has 0 unspecified atom stereocenters. The Balaban J connectivity index is 0.000000782. The molecule has 226 valence electrons. The zero-order valence-electron chi connectivity index (χ0n) is 20.7. The van der Waals surface area contributed by atoms with Crippen LogP contribution < -0.4 is 10.6 Å². The van der Waals surface area contributed by atoms with Crippen molar-refractivity contribution in [3.05, 3.63) is 98.9 Å². The van der Waals surface area contributed by atoms with E-state index in [0.29, 0.717) is 12.1 Å². The number of hydrogen-bond donors (Lipinski definition) is 3. The third kappa shape index (κ3) is 8.80. The highest BCUT2D eigenvalue weighted by atomic mass is 19.4. The lowest BCUT2D eigenvalue weighted by atomic mass is 9.98. The highest BCUT2D eigenvalue weighted by molar-refractivity contribution is 5.91. The summed E-state index contributed by atoms with van der Waals surface area (Å²) in [6, 6.07) is 6.14. The number of halogens is 9. The minimum Gasteiger partial charge on any atom is -0.475 e. The minimum absolute atomic E-state index is 0.0138. The predicted octanol–water partition coefficient (Wildman–Crippen LogP) is 6.88. The topological polar surface area (TPSA) is 134 Å². The fraction of sp³-hybridized carbons (Fsp3) is 0.208. The predicted molar refractivity (Wildman–Crippen MR) is 126 cm³/mol. The van der Waals surface area contributed by atoms with Crippen LogP contribution in [0.25, 0.3) is 0 Å². The Morgan fingerprint density at radius 1 is 0.905 bits per heavy atom. The summed E-state index contributed by atoms with van der Waals surface area (Å²) in [7, 11) is 0. The summed E-state index contributed by atoms with van der Waals surface area (Å²) in [6.45, 7) is 1.36. The Bertz CT molecular complexity index is 1440. The number of aromatic nitrogens is 1. The molecule has 0 bridgehead atoms. The van der Waals surface area contributed by atoms with E-state index in [2.05, 4.69) is 15.6 Å². The normalized spacial score (nSPS) is 12.4. The van der Waals surface area contributed by atoms with Crippen LogP contribution in [-0.2, 0) is 17.1 Å². The van der Waals surface area contributed by atoms with Crippen molar-refractivity contribution < 1.29 is 59.1 Å². The Labute approximate surface area is 229 Å². The van der Waals surface area contributed by atoms with Gasteiger partial charge in [-0.3, -0.25) is 15.1 Å². The lowest BCUT2D eigenvalue weighted by Crippen LogP contribution is -2.35. The number of carbonyl (C=O) groups excluding carboxylic acids is 1. The third-order valence-corrected chi connectivity index (χ3v) is 5.26. The number of hydrogen-bond acceptors (Lipinski definition) is 5. The molecule has 9 nitrogen and oxygen atoms in total. The molecule has 0 saturated carbocycles. The van der Waals surface area contributed by atoms with E-state index < -0.39 is 58.3 Å². The van der Waals surface area contributed by atoms with Gasteiger partial charge >= 0.3 is 30.5 Å². The Morgan fingerprint density at radius 3 is 1.95 bits per heavy atom. The molecule has 1 atom stereocenters. The molecule has 1 aromatic heterocycles. The van der Waals surface area contributed by atoms with Gasteiger partial charge in [-0.2, -0.15) is 39.5 Å². The van der Waals surface area contributed by atoms with E-state index in [-0.39, 0.29) is 22.5 Å². The summed E-state index contributed by atoms with van der Waals surface area (Å²) in [4.78, 5) is 35.8. The molecule has 2 aromatic carbocycles.